The SMILES string of the molecule is CCn1c(-n2nc(C)cc2C)nc2c1c(=O)n(Cc1ccccc1C)c(=O)n2C. The maximum absolute atomic E-state index is 13.4. The van der Waals surface area contributed by atoms with Crippen LogP contribution in [0.25, 0.3) is 17.1 Å². The predicted octanol–water partition coefficient (Wildman–Crippen LogP) is 2.08. The summed E-state index contributed by atoms with van der Waals surface area (Å²) in [7, 11) is 1.65. The lowest BCUT2D eigenvalue weighted by atomic mass is 10.1. The third kappa shape index (κ3) is 2.91. The Kier molecular flexibility index (Phi) is 4.49. The van der Waals surface area contributed by atoms with Gasteiger partial charge in [0.05, 0.1) is 12.2 Å². The average molecular weight is 392 g/mol. The van der Waals surface area contributed by atoms with Gasteiger partial charge in [0.2, 0.25) is 5.95 Å². The molecule has 0 amide bonds. The average Bonchev–Trinajstić information content (AvgIpc) is 3.24. The van der Waals surface area contributed by atoms with Gasteiger partial charge in [-0.3, -0.25) is 13.9 Å². The van der Waals surface area contributed by atoms with E-state index in [0.29, 0.717) is 23.7 Å². The van der Waals surface area contributed by atoms with E-state index in [1.807, 2.05) is 62.6 Å². The van der Waals surface area contributed by atoms with Gasteiger partial charge in [0.1, 0.15) is 0 Å². The van der Waals surface area contributed by atoms with Crippen LogP contribution in [0.4, 0.5) is 0 Å². The molecular formula is C21H24N6O2. The van der Waals surface area contributed by atoms with Crippen molar-refractivity contribution in [1.29, 1.82) is 0 Å². The first-order valence-corrected chi connectivity index (χ1v) is 9.61. The molecule has 0 aliphatic carbocycles. The van der Waals surface area contributed by atoms with Crippen molar-refractivity contribution in [3.05, 3.63) is 73.7 Å². The summed E-state index contributed by atoms with van der Waals surface area (Å²) in [6, 6.07) is 9.71. The zero-order valence-corrected chi connectivity index (χ0v) is 17.3. The molecule has 150 valence electrons. The molecule has 4 aromatic rings. The third-order valence-electron chi connectivity index (χ3n) is 5.32. The molecule has 0 bridgehead atoms. The molecule has 0 N–H and O–H groups in total. The fraction of sp³-hybridized carbons (Fsp3) is 0.333. The Balaban J connectivity index is 2.02. The molecule has 0 aliphatic rings. The van der Waals surface area contributed by atoms with Gasteiger partial charge < -0.3 is 4.57 Å². The van der Waals surface area contributed by atoms with E-state index >= 15 is 0 Å². The van der Waals surface area contributed by atoms with Gasteiger partial charge >= 0.3 is 5.69 Å². The van der Waals surface area contributed by atoms with Crippen molar-refractivity contribution in [2.75, 3.05) is 0 Å². The molecule has 1 aromatic carbocycles. The van der Waals surface area contributed by atoms with Crippen molar-refractivity contribution in [3.8, 4) is 5.95 Å². The van der Waals surface area contributed by atoms with Crippen molar-refractivity contribution < 1.29 is 0 Å². The Morgan fingerprint density at radius 3 is 2.38 bits per heavy atom. The summed E-state index contributed by atoms with van der Waals surface area (Å²) in [6.45, 7) is 8.52. The lowest BCUT2D eigenvalue weighted by Gasteiger charge is -2.11. The van der Waals surface area contributed by atoms with Gasteiger partial charge in [-0.05, 0) is 44.9 Å². The van der Waals surface area contributed by atoms with Crippen LogP contribution < -0.4 is 11.2 Å². The Morgan fingerprint density at radius 1 is 1.03 bits per heavy atom. The third-order valence-corrected chi connectivity index (χ3v) is 5.32. The van der Waals surface area contributed by atoms with Gasteiger partial charge in [0.25, 0.3) is 5.56 Å². The van der Waals surface area contributed by atoms with Crippen molar-refractivity contribution >= 4 is 11.2 Å². The molecule has 8 nitrogen and oxygen atoms in total. The van der Waals surface area contributed by atoms with Crippen molar-refractivity contribution in [3.63, 3.8) is 0 Å². The minimum atomic E-state index is -0.383. The molecule has 0 aliphatic heterocycles. The predicted molar refractivity (Wildman–Crippen MR) is 112 cm³/mol. The van der Waals surface area contributed by atoms with Gasteiger partial charge in [-0.2, -0.15) is 10.1 Å². The summed E-state index contributed by atoms with van der Waals surface area (Å²) in [5, 5.41) is 4.50. The van der Waals surface area contributed by atoms with Crippen LogP contribution in [-0.2, 0) is 20.1 Å². The second-order valence-corrected chi connectivity index (χ2v) is 7.33. The lowest BCUT2D eigenvalue weighted by Crippen LogP contribution is -2.40. The molecule has 0 saturated heterocycles. The first kappa shape index (κ1) is 18.9. The maximum atomic E-state index is 13.4. The Morgan fingerprint density at radius 2 is 1.76 bits per heavy atom. The van der Waals surface area contributed by atoms with Crippen molar-refractivity contribution in [2.24, 2.45) is 7.05 Å². The highest BCUT2D eigenvalue weighted by atomic mass is 16.2. The Hall–Kier alpha value is -3.42. The van der Waals surface area contributed by atoms with Gasteiger partial charge in [0, 0.05) is 19.3 Å². The van der Waals surface area contributed by atoms with E-state index in [2.05, 4.69) is 10.1 Å². The van der Waals surface area contributed by atoms with E-state index in [4.69, 9.17) is 0 Å². The van der Waals surface area contributed by atoms with Crippen LogP contribution in [0.2, 0.25) is 0 Å². The molecule has 0 unspecified atom stereocenters. The lowest BCUT2D eigenvalue weighted by molar-refractivity contribution is 0.647. The van der Waals surface area contributed by atoms with E-state index in [1.165, 1.54) is 9.13 Å². The number of nitrogens with zero attached hydrogens (tertiary/aromatic N) is 6. The van der Waals surface area contributed by atoms with E-state index in [0.717, 1.165) is 22.5 Å². The summed E-state index contributed by atoms with van der Waals surface area (Å²) in [4.78, 5) is 31.0. The van der Waals surface area contributed by atoms with Gasteiger partial charge in [-0.25, -0.2) is 9.48 Å². The van der Waals surface area contributed by atoms with E-state index in [-0.39, 0.29) is 17.8 Å². The van der Waals surface area contributed by atoms with Crippen molar-refractivity contribution in [1.82, 2.24) is 28.5 Å². The highest BCUT2D eigenvalue weighted by Crippen LogP contribution is 2.17. The van der Waals surface area contributed by atoms with Crippen molar-refractivity contribution in [2.45, 2.75) is 40.8 Å². The summed E-state index contributed by atoms with van der Waals surface area (Å²) in [5.74, 6) is 0.536. The molecule has 0 atom stereocenters. The molecule has 3 heterocycles. The van der Waals surface area contributed by atoms with Gasteiger partial charge in [-0.1, -0.05) is 24.3 Å². The molecule has 3 aromatic heterocycles. The fourth-order valence-corrected chi connectivity index (χ4v) is 3.75. The number of hydrogen-bond acceptors (Lipinski definition) is 4. The smallest absolute Gasteiger partial charge is 0.303 e. The van der Waals surface area contributed by atoms with E-state index < -0.39 is 0 Å². The summed E-state index contributed by atoms with van der Waals surface area (Å²) in [5.41, 5.74) is 3.80. The van der Waals surface area contributed by atoms with Crippen LogP contribution in [0.3, 0.4) is 0 Å². The normalized spacial score (nSPS) is 11.5. The Bertz CT molecular complexity index is 1350. The quantitative estimate of drug-likeness (QED) is 0.533. The minimum absolute atomic E-state index is 0.220. The van der Waals surface area contributed by atoms with Crippen LogP contribution in [0.5, 0.6) is 0 Å². The topological polar surface area (TPSA) is 79.6 Å². The molecule has 29 heavy (non-hydrogen) atoms. The molecule has 4 rings (SSSR count). The Labute approximate surface area is 167 Å². The molecule has 0 fully saturated rings. The zero-order valence-electron chi connectivity index (χ0n) is 17.3. The number of rotatable bonds is 4. The van der Waals surface area contributed by atoms with Crippen LogP contribution in [-0.4, -0.2) is 28.5 Å². The van der Waals surface area contributed by atoms with Crippen LogP contribution >= 0.6 is 0 Å². The molecule has 0 saturated carbocycles. The maximum Gasteiger partial charge on any atom is 0.332 e. The standard InChI is InChI=1S/C21H24N6O2/c1-6-25-17-18(22-20(25)27-15(4)11-14(3)23-27)24(5)21(29)26(19(17)28)12-16-10-8-7-9-13(16)2/h7-11H,6,12H2,1-5H3. The van der Waals surface area contributed by atoms with E-state index in [1.54, 1.807) is 11.7 Å². The van der Waals surface area contributed by atoms with Gasteiger partial charge in [0.15, 0.2) is 11.2 Å². The zero-order chi connectivity index (χ0) is 20.9. The molecule has 0 spiro atoms. The van der Waals surface area contributed by atoms with Crippen LogP contribution in [0.1, 0.15) is 29.4 Å². The molecule has 8 heteroatoms. The number of benzene rings is 1. The second kappa shape index (κ2) is 6.88. The fourth-order valence-electron chi connectivity index (χ4n) is 3.75. The highest BCUT2D eigenvalue weighted by molar-refractivity contribution is 5.72. The van der Waals surface area contributed by atoms with Crippen LogP contribution in [0, 0.1) is 20.8 Å². The first-order chi connectivity index (χ1) is 13.8. The number of aryl methyl sites for hydroxylation is 5. The highest BCUT2D eigenvalue weighted by Gasteiger charge is 2.22. The first-order valence-electron chi connectivity index (χ1n) is 9.61. The number of aromatic nitrogens is 6. The van der Waals surface area contributed by atoms with Crippen LogP contribution in [0.15, 0.2) is 39.9 Å². The summed E-state index contributed by atoms with van der Waals surface area (Å²) in [6.07, 6.45) is 0. The largest absolute Gasteiger partial charge is 0.332 e. The monoisotopic (exact) mass is 392 g/mol. The number of hydrogen-bond donors (Lipinski definition) is 0. The molecule has 0 radical (unpaired) electrons. The summed E-state index contributed by atoms with van der Waals surface area (Å²) >= 11 is 0. The van der Waals surface area contributed by atoms with E-state index in [9.17, 15) is 9.59 Å². The second-order valence-electron chi connectivity index (χ2n) is 7.33. The summed E-state index contributed by atoms with van der Waals surface area (Å²) < 4.78 is 6.26. The minimum Gasteiger partial charge on any atom is -0.303 e. The number of fused-ring (bicyclic) bond motifs is 1. The van der Waals surface area contributed by atoms with Gasteiger partial charge in [-0.15, -0.1) is 0 Å². The molecular weight excluding hydrogens is 368 g/mol. The number of imidazole rings is 1.